The summed E-state index contributed by atoms with van der Waals surface area (Å²) in [5.74, 6) is 2.32. The fourth-order valence-corrected chi connectivity index (χ4v) is 3.82. The van der Waals surface area contributed by atoms with Crippen molar-refractivity contribution in [2.75, 3.05) is 0 Å². The second-order valence-corrected chi connectivity index (χ2v) is 5.77. The first-order chi connectivity index (χ1) is 8.33. The summed E-state index contributed by atoms with van der Waals surface area (Å²) in [5.41, 5.74) is 1.11. The lowest BCUT2D eigenvalue weighted by atomic mass is 9.83. The van der Waals surface area contributed by atoms with Crippen LogP contribution >= 0.6 is 0 Å². The molecular formula is C15H21NO. The van der Waals surface area contributed by atoms with Crippen LogP contribution < -0.4 is 0 Å². The summed E-state index contributed by atoms with van der Waals surface area (Å²) in [5, 5.41) is 10.3. The summed E-state index contributed by atoms with van der Waals surface area (Å²) >= 11 is 0. The van der Waals surface area contributed by atoms with Gasteiger partial charge in [-0.3, -0.25) is 4.98 Å². The van der Waals surface area contributed by atoms with Crippen LogP contribution in [0.5, 0.6) is 0 Å². The van der Waals surface area contributed by atoms with Crippen LogP contribution in [0.1, 0.15) is 37.8 Å². The molecule has 92 valence electrons. The predicted octanol–water partition coefficient (Wildman–Crippen LogP) is 2.81. The topological polar surface area (TPSA) is 33.1 Å². The van der Waals surface area contributed by atoms with Gasteiger partial charge in [0.15, 0.2) is 0 Å². The molecule has 2 bridgehead atoms. The first-order valence-corrected chi connectivity index (χ1v) is 6.91. The Balaban J connectivity index is 1.52. The molecule has 0 saturated heterocycles. The molecule has 0 aromatic carbocycles. The molecule has 2 fully saturated rings. The van der Waals surface area contributed by atoms with Crippen LogP contribution in [0.25, 0.3) is 0 Å². The second-order valence-electron chi connectivity index (χ2n) is 5.77. The number of rotatable bonds is 4. The van der Waals surface area contributed by atoms with Crippen LogP contribution in [0.15, 0.2) is 24.4 Å². The van der Waals surface area contributed by atoms with Gasteiger partial charge >= 0.3 is 0 Å². The van der Waals surface area contributed by atoms with E-state index in [2.05, 4.69) is 4.98 Å². The Morgan fingerprint density at radius 1 is 1.29 bits per heavy atom. The summed E-state index contributed by atoms with van der Waals surface area (Å²) in [6, 6.07) is 6.01. The van der Waals surface area contributed by atoms with Crippen molar-refractivity contribution in [2.45, 2.75) is 44.6 Å². The van der Waals surface area contributed by atoms with Crippen molar-refractivity contribution >= 4 is 0 Å². The van der Waals surface area contributed by atoms with E-state index in [4.69, 9.17) is 0 Å². The Hall–Kier alpha value is -0.890. The van der Waals surface area contributed by atoms with E-state index in [1.165, 1.54) is 25.7 Å². The maximum absolute atomic E-state index is 10.3. The number of hydrogen-bond donors (Lipinski definition) is 1. The number of nitrogens with zero attached hydrogens (tertiary/aromatic N) is 1. The van der Waals surface area contributed by atoms with E-state index in [1.807, 2.05) is 24.4 Å². The molecule has 2 saturated carbocycles. The molecule has 17 heavy (non-hydrogen) atoms. The number of aliphatic hydroxyl groups excluding tert-OH is 1. The quantitative estimate of drug-likeness (QED) is 0.864. The fraction of sp³-hybridized carbons (Fsp3) is 0.667. The van der Waals surface area contributed by atoms with E-state index in [0.29, 0.717) is 5.92 Å². The first kappa shape index (κ1) is 11.2. The Morgan fingerprint density at radius 3 is 2.88 bits per heavy atom. The number of aryl methyl sites for hydroxylation is 1. The SMILES string of the molecule is OC(CCc1ccccn1)C1CC2CCC1C2. The molecule has 0 radical (unpaired) electrons. The zero-order valence-electron chi connectivity index (χ0n) is 10.3. The Bertz CT molecular complexity index is 364. The molecule has 0 aliphatic heterocycles. The van der Waals surface area contributed by atoms with Gasteiger partial charge in [0.1, 0.15) is 0 Å². The lowest BCUT2D eigenvalue weighted by Gasteiger charge is -2.26. The lowest BCUT2D eigenvalue weighted by Crippen LogP contribution is -2.26. The van der Waals surface area contributed by atoms with Crippen LogP contribution in [0, 0.1) is 17.8 Å². The van der Waals surface area contributed by atoms with Crippen molar-refractivity contribution in [1.82, 2.24) is 4.98 Å². The molecule has 2 nitrogen and oxygen atoms in total. The molecular weight excluding hydrogens is 210 g/mol. The highest BCUT2D eigenvalue weighted by molar-refractivity contribution is 5.04. The highest BCUT2D eigenvalue weighted by atomic mass is 16.3. The van der Waals surface area contributed by atoms with Gasteiger partial charge in [0.2, 0.25) is 0 Å². The third-order valence-corrected chi connectivity index (χ3v) is 4.71. The van der Waals surface area contributed by atoms with Crippen LogP contribution in [0.3, 0.4) is 0 Å². The predicted molar refractivity (Wildman–Crippen MR) is 67.5 cm³/mol. The zero-order chi connectivity index (χ0) is 11.7. The molecule has 1 aromatic heterocycles. The van der Waals surface area contributed by atoms with Crippen molar-refractivity contribution < 1.29 is 5.11 Å². The molecule has 0 amide bonds. The van der Waals surface area contributed by atoms with Gasteiger partial charge < -0.3 is 5.11 Å². The van der Waals surface area contributed by atoms with Crippen molar-refractivity contribution in [3.8, 4) is 0 Å². The number of pyridine rings is 1. The minimum absolute atomic E-state index is 0.104. The Morgan fingerprint density at radius 2 is 2.24 bits per heavy atom. The molecule has 1 N–H and O–H groups in total. The molecule has 4 atom stereocenters. The summed E-state index contributed by atoms with van der Waals surface area (Å²) in [6.07, 6.45) is 8.94. The molecule has 0 spiro atoms. The van der Waals surface area contributed by atoms with Gasteiger partial charge in [0.25, 0.3) is 0 Å². The van der Waals surface area contributed by atoms with Crippen molar-refractivity contribution in [2.24, 2.45) is 17.8 Å². The maximum atomic E-state index is 10.3. The standard InChI is InChI=1S/C15H21NO/c17-15(7-6-13-3-1-2-8-16-13)14-10-11-4-5-12(14)9-11/h1-3,8,11-12,14-15,17H,4-7,9-10H2. The number of hydrogen-bond acceptors (Lipinski definition) is 2. The molecule has 3 rings (SSSR count). The van der Waals surface area contributed by atoms with E-state index >= 15 is 0 Å². The van der Waals surface area contributed by atoms with E-state index in [-0.39, 0.29) is 6.10 Å². The molecule has 2 aliphatic carbocycles. The van der Waals surface area contributed by atoms with Crippen LogP contribution in [0.2, 0.25) is 0 Å². The zero-order valence-corrected chi connectivity index (χ0v) is 10.3. The minimum atomic E-state index is -0.104. The van der Waals surface area contributed by atoms with Crippen molar-refractivity contribution in [3.05, 3.63) is 30.1 Å². The van der Waals surface area contributed by atoms with Gasteiger partial charge in [-0.1, -0.05) is 12.5 Å². The number of aromatic nitrogens is 1. The van der Waals surface area contributed by atoms with E-state index < -0.39 is 0 Å². The molecule has 1 aromatic rings. The lowest BCUT2D eigenvalue weighted by molar-refractivity contribution is 0.0676. The van der Waals surface area contributed by atoms with E-state index in [1.54, 1.807) is 0 Å². The Kier molecular flexibility index (Phi) is 3.15. The number of aliphatic hydroxyl groups is 1. The third-order valence-electron chi connectivity index (χ3n) is 4.71. The van der Waals surface area contributed by atoms with Gasteiger partial charge in [-0.2, -0.15) is 0 Å². The summed E-state index contributed by atoms with van der Waals surface area (Å²) in [6.45, 7) is 0. The highest BCUT2D eigenvalue weighted by Crippen LogP contribution is 2.49. The molecule has 2 heteroatoms. The van der Waals surface area contributed by atoms with Crippen LogP contribution in [-0.4, -0.2) is 16.2 Å². The van der Waals surface area contributed by atoms with Gasteiger partial charge in [-0.15, -0.1) is 0 Å². The molecule has 1 heterocycles. The van der Waals surface area contributed by atoms with Crippen LogP contribution in [0.4, 0.5) is 0 Å². The number of fused-ring (bicyclic) bond motifs is 2. The summed E-state index contributed by atoms with van der Waals surface area (Å²) < 4.78 is 0. The van der Waals surface area contributed by atoms with Crippen molar-refractivity contribution in [3.63, 3.8) is 0 Å². The summed E-state index contributed by atoms with van der Waals surface area (Å²) in [4.78, 5) is 4.31. The highest BCUT2D eigenvalue weighted by Gasteiger charge is 2.42. The van der Waals surface area contributed by atoms with Crippen molar-refractivity contribution in [1.29, 1.82) is 0 Å². The van der Waals surface area contributed by atoms with Gasteiger partial charge in [-0.25, -0.2) is 0 Å². The molecule has 2 aliphatic rings. The third kappa shape index (κ3) is 2.37. The second kappa shape index (κ2) is 4.77. The first-order valence-electron chi connectivity index (χ1n) is 6.91. The fourth-order valence-electron chi connectivity index (χ4n) is 3.82. The van der Waals surface area contributed by atoms with Gasteiger partial charge in [-0.05, 0) is 62.0 Å². The monoisotopic (exact) mass is 231 g/mol. The van der Waals surface area contributed by atoms with Gasteiger partial charge in [0, 0.05) is 11.9 Å². The normalized spacial score (nSPS) is 32.9. The Labute approximate surface area is 103 Å². The van der Waals surface area contributed by atoms with Gasteiger partial charge in [0.05, 0.1) is 6.10 Å². The van der Waals surface area contributed by atoms with Crippen LogP contribution in [-0.2, 0) is 6.42 Å². The smallest absolute Gasteiger partial charge is 0.0574 e. The summed E-state index contributed by atoms with van der Waals surface area (Å²) in [7, 11) is 0. The average Bonchev–Trinajstić information content (AvgIpc) is 2.99. The minimum Gasteiger partial charge on any atom is -0.393 e. The average molecular weight is 231 g/mol. The van der Waals surface area contributed by atoms with E-state index in [9.17, 15) is 5.11 Å². The van der Waals surface area contributed by atoms with E-state index in [0.717, 1.165) is 30.4 Å². The largest absolute Gasteiger partial charge is 0.393 e. The molecule has 4 unspecified atom stereocenters. The maximum Gasteiger partial charge on any atom is 0.0574 e.